The third kappa shape index (κ3) is 6.89. The van der Waals surface area contributed by atoms with Gasteiger partial charge in [0.2, 0.25) is 5.91 Å². The first-order chi connectivity index (χ1) is 16.8. The number of thioether (sulfide) groups is 1. The van der Waals surface area contributed by atoms with Crippen LogP contribution in [-0.4, -0.2) is 71.3 Å². The Bertz CT molecular complexity index is 1060. The smallest absolute Gasteiger partial charge is 0.411 e. The van der Waals surface area contributed by atoms with Crippen molar-refractivity contribution in [3.63, 3.8) is 0 Å². The lowest BCUT2D eigenvalue weighted by Gasteiger charge is -2.24. The Morgan fingerprint density at radius 2 is 1.80 bits per heavy atom. The van der Waals surface area contributed by atoms with Crippen LogP contribution >= 0.6 is 11.8 Å². The van der Waals surface area contributed by atoms with Gasteiger partial charge in [0.1, 0.15) is 17.8 Å². The highest BCUT2D eigenvalue weighted by molar-refractivity contribution is 7.99. The second-order valence-electron chi connectivity index (χ2n) is 7.67. The first kappa shape index (κ1) is 25.9. The molecule has 0 aliphatic carbocycles. The van der Waals surface area contributed by atoms with Gasteiger partial charge in [0, 0.05) is 23.4 Å². The summed E-state index contributed by atoms with van der Waals surface area (Å²) in [5.74, 6) is -0.719. The highest BCUT2D eigenvalue weighted by Gasteiger charge is 2.37. The molecule has 186 valence electrons. The van der Waals surface area contributed by atoms with Crippen molar-refractivity contribution in [3.05, 3.63) is 59.7 Å². The predicted molar refractivity (Wildman–Crippen MR) is 131 cm³/mol. The normalized spacial score (nSPS) is 15.7. The molecule has 0 saturated carbocycles. The summed E-state index contributed by atoms with van der Waals surface area (Å²) in [5, 5.41) is 14.9. The topological polar surface area (TPSA) is 134 Å². The number of benzene rings is 2. The van der Waals surface area contributed by atoms with Gasteiger partial charge in [0.15, 0.2) is 0 Å². The maximum absolute atomic E-state index is 12.7. The van der Waals surface area contributed by atoms with Crippen LogP contribution in [0.15, 0.2) is 48.5 Å². The van der Waals surface area contributed by atoms with Crippen molar-refractivity contribution in [1.29, 1.82) is 0 Å². The zero-order valence-electron chi connectivity index (χ0n) is 19.4. The van der Waals surface area contributed by atoms with E-state index >= 15 is 0 Å². The number of aliphatic carboxylic acids is 1. The summed E-state index contributed by atoms with van der Waals surface area (Å²) < 4.78 is 10.1. The summed E-state index contributed by atoms with van der Waals surface area (Å²) in [4.78, 5) is 50.3. The van der Waals surface area contributed by atoms with Crippen molar-refractivity contribution >= 4 is 41.3 Å². The Kier molecular flexibility index (Phi) is 8.96. The number of carboxylic acids is 1. The Labute approximate surface area is 207 Å². The van der Waals surface area contributed by atoms with Crippen LogP contribution in [0.25, 0.3) is 0 Å². The van der Waals surface area contributed by atoms with E-state index in [2.05, 4.69) is 10.6 Å². The summed E-state index contributed by atoms with van der Waals surface area (Å²) in [6.45, 7) is 1.86. The van der Waals surface area contributed by atoms with Gasteiger partial charge < -0.3 is 25.2 Å². The van der Waals surface area contributed by atoms with E-state index < -0.39 is 30.1 Å². The van der Waals surface area contributed by atoms with E-state index in [9.17, 15) is 24.3 Å². The molecule has 1 heterocycles. The SMILES string of the molecule is CCOC(=O)N1CSC[C@@H]1C(=O)N[C@@H](Cc1ccc(NC(=O)c2ccc(OC)cc2)cc1)C(=O)O. The number of carbonyl (C=O) groups is 4. The summed E-state index contributed by atoms with van der Waals surface area (Å²) in [5.41, 5.74) is 1.66. The lowest BCUT2D eigenvalue weighted by Crippen LogP contribution is -2.52. The minimum absolute atomic E-state index is 0.0348. The van der Waals surface area contributed by atoms with Gasteiger partial charge in [-0.1, -0.05) is 12.1 Å². The van der Waals surface area contributed by atoms with E-state index in [-0.39, 0.29) is 18.9 Å². The number of rotatable bonds is 9. The van der Waals surface area contributed by atoms with Crippen molar-refractivity contribution < 1.29 is 33.8 Å². The van der Waals surface area contributed by atoms with E-state index in [1.165, 1.54) is 16.7 Å². The van der Waals surface area contributed by atoms with Gasteiger partial charge >= 0.3 is 12.1 Å². The number of hydrogen-bond acceptors (Lipinski definition) is 7. The second kappa shape index (κ2) is 12.1. The molecule has 10 nitrogen and oxygen atoms in total. The Morgan fingerprint density at radius 1 is 1.11 bits per heavy atom. The molecule has 0 aromatic heterocycles. The van der Waals surface area contributed by atoms with Crippen LogP contribution in [0.4, 0.5) is 10.5 Å². The number of amides is 3. The molecule has 0 radical (unpaired) electrons. The molecule has 0 bridgehead atoms. The average molecular weight is 502 g/mol. The fourth-order valence-corrected chi connectivity index (χ4v) is 4.56. The van der Waals surface area contributed by atoms with Gasteiger partial charge in [-0.2, -0.15) is 0 Å². The number of methoxy groups -OCH3 is 1. The van der Waals surface area contributed by atoms with Crippen LogP contribution in [0.3, 0.4) is 0 Å². The van der Waals surface area contributed by atoms with Crippen molar-refractivity contribution in [2.75, 3.05) is 30.7 Å². The zero-order chi connectivity index (χ0) is 25.4. The van der Waals surface area contributed by atoms with Crippen LogP contribution in [0.5, 0.6) is 5.75 Å². The van der Waals surface area contributed by atoms with Crippen LogP contribution in [-0.2, 0) is 20.7 Å². The highest BCUT2D eigenvalue weighted by Crippen LogP contribution is 2.22. The molecule has 1 aliphatic heterocycles. The fourth-order valence-electron chi connectivity index (χ4n) is 3.42. The number of ether oxygens (including phenoxy) is 2. The van der Waals surface area contributed by atoms with Crippen molar-refractivity contribution in [3.8, 4) is 5.75 Å². The standard InChI is InChI=1S/C24H27N3O7S/c1-3-34-24(32)27-14-35-13-20(27)22(29)26-19(23(30)31)12-15-4-8-17(9-5-15)25-21(28)16-6-10-18(33-2)11-7-16/h4-11,19-20H,3,12-14H2,1-2H3,(H,25,28)(H,26,29)(H,30,31)/t19-,20+/m0/s1. The van der Waals surface area contributed by atoms with Gasteiger partial charge in [0.05, 0.1) is 19.6 Å². The number of nitrogens with one attached hydrogen (secondary N) is 2. The molecule has 3 N–H and O–H groups in total. The summed E-state index contributed by atoms with van der Waals surface area (Å²) in [7, 11) is 1.54. The molecule has 0 spiro atoms. The molecule has 35 heavy (non-hydrogen) atoms. The van der Waals surface area contributed by atoms with Crippen LogP contribution < -0.4 is 15.4 Å². The number of nitrogens with zero attached hydrogens (tertiary/aromatic N) is 1. The van der Waals surface area contributed by atoms with Crippen molar-refractivity contribution in [1.82, 2.24) is 10.2 Å². The molecule has 2 aromatic carbocycles. The highest BCUT2D eigenvalue weighted by atomic mass is 32.2. The maximum Gasteiger partial charge on any atom is 0.411 e. The van der Waals surface area contributed by atoms with Crippen LogP contribution in [0.1, 0.15) is 22.8 Å². The third-order valence-electron chi connectivity index (χ3n) is 5.31. The van der Waals surface area contributed by atoms with E-state index in [1.807, 2.05) is 0 Å². The Morgan fingerprint density at radius 3 is 2.40 bits per heavy atom. The van der Waals surface area contributed by atoms with E-state index in [0.717, 1.165) is 0 Å². The maximum atomic E-state index is 12.7. The molecular weight excluding hydrogens is 474 g/mol. The first-order valence-electron chi connectivity index (χ1n) is 10.9. The number of carbonyl (C=O) groups excluding carboxylic acids is 3. The minimum atomic E-state index is -1.19. The molecule has 3 rings (SSSR count). The van der Waals surface area contributed by atoms with E-state index in [4.69, 9.17) is 9.47 Å². The minimum Gasteiger partial charge on any atom is -0.497 e. The lowest BCUT2D eigenvalue weighted by molar-refractivity contribution is -0.142. The third-order valence-corrected chi connectivity index (χ3v) is 6.32. The molecule has 1 fully saturated rings. The van der Waals surface area contributed by atoms with Gasteiger partial charge in [-0.25, -0.2) is 9.59 Å². The average Bonchev–Trinajstić information content (AvgIpc) is 3.35. The van der Waals surface area contributed by atoms with Gasteiger partial charge in [-0.15, -0.1) is 11.8 Å². The van der Waals surface area contributed by atoms with Gasteiger partial charge in [-0.05, 0) is 48.9 Å². The van der Waals surface area contributed by atoms with Gasteiger partial charge in [0.25, 0.3) is 5.91 Å². The summed E-state index contributed by atoms with van der Waals surface area (Å²) in [6, 6.07) is 11.4. The first-order valence-corrected chi connectivity index (χ1v) is 12.1. The Hall–Kier alpha value is -3.73. The largest absolute Gasteiger partial charge is 0.497 e. The zero-order valence-corrected chi connectivity index (χ0v) is 20.2. The number of anilines is 1. The molecular formula is C24H27N3O7S. The molecule has 0 unspecified atom stereocenters. The predicted octanol–water partition coefficient (Wildman–Crippen LogP) is 2.59. The summed E-state index contributed by atoms with van der Waals surface area (Å²) >= 11 is 1.39. The number of carboxylic acid groups (broad SMARTS) is 1. The molecule has 3 amide bonds. The Balaban J connectivity index is 1.59. The molecule has 2 aromatic rings. The molecule has 2 atom stereocenters. The molecule has 11 heteroatoms. The van der Waals surface area contributed by atoms with Crippen molar-refractivity contribution in [2.45, 2.75) is 25.4 Å². The quantitative estimate of drug-likeness (QED) is 0.477. The number of hydrogen-bond donors (Lipinski definition) is 3. The van der Waals surface area contributed by atoms with Crippen LogP contribution in [0.2, 0.25) is 0 Å². The van der Waals surface area contributed by atoms with Crippen molar-refractivity contribution in [2.24, 2.45) is 0 Å². The lowest BCUT2D eigenvalue weighted by atomic mass is 10.0. The fraction of sp³-hybridized carbons (Fsp3) is 0.333. The second-order valence-corrected chi connectivity index (χ2v) is 8.67. The van der Waals surface area contributed by atoms with Crippen LogP contribution in [0, 0.1) is 0 Å². The van der Waals surface area contributed by atoms with E-state index in [0.29, 0.717) is 34.2 Å². The summed E-state index contributed by atoms with van der Waals surface area (Å²) in [6.07, 6.45) is -0.565. The molecule has 1 aliphatic rings. The van der Waals surface area contributed by atoms with Gasteiger partial charge in [-0.3, -0.25) is 14.5 Å². The van der Waals surface area contributed by atoms with E-state index in [1.54, 1.807) is 62.6 Å². The molecule has 1 saturated heterocycles. The monoisotopic (exact) mass is 501 g/mol.